The van der Waals surface area contributed by atoms with Gasteiger partial charge in [0.25, 0.3) is 11.8 Å². The zero-order chi connectivity index (χ0) is 31.9. The van der Waals surface area contributed by atoms with Gasteiger partial charge in [0.15, 0.2) is 11.4 Å². The molecule has 1 unspecified atom stereocenters. The quantitative estimate of drug-likeness (QED) is 0.227. The van der Waals surface area contributed by atoms with E-state index in [1.807, 2.05) is 0 Å². The molecule has 0 bridgehead atoms. The largest absolute Gasteiger partial charge is 0.573 e. The summed E-state index contributed by atoms with van der Waals surface area (Å²) in [5, 5.41) is 19.6. The summed E-state index contributed by atoms with van der Waals surface area (Å²) in [5.41, 5.74) is -1.07. The molecule has 4 aromatic rings. The van der Waals surface area contributed by atoms with E-state index in [0.29, 0.717) is 5.56 Å². The minimum absolute atomic E-state index is 0.0182. The molecular formula is C25H22F7N9O3. The number of pyridine rings is 1. The summed E-state index contributed by atoms with van der Waals surface area (Å²) in [6, 6.07) is 8.34. The molecular weight excluding hydrogens is 607 g/mol. The number of hydrogen-bond donors (Lipinski definition) is 2. The fourth-order valence-electron chi connectivity index (χ4n) is 3.69. The first kappa shape index (κ1) is 31.8. The normalized spacial score (nSPS) is 12.5. The summed E-state index contributed by atoms with van der Waals surface area (Å²) >= 11 is 0. The average molecular weight is 629 g/mol. The molecule has 0 fully saturated rings. The lowest BCUT2D eigenvalue weighted by atomic mass is 10.2. The van der Waals surface area contributed by atoms with Crippen LogP contribution in [0.4, 0.5) is 30.7 Å². The maximum atomic E-state index is 14.6. The van der Waals surface area contributed by atoms with Gasteiger partial charge >= 0.3 is 12.5 Å². The van der Waals surface area contributed by atoms with E-state index in [4.69, 9.17) is 0 Å². The Morgan fingerprint density at radius 3 is 2.18 bits per heavy atom. The zero-order valence-corrected chi connectivity index (χ0v) is 22.3. The molecule has 234 valence electrons. The molecule has 0 spiro atoms. The fraction of sp³-hybridized carbons (Fsp3) is 0.320. The van der Waals surface area contributed by atoms with Crippen LogP contribution in [0.5, 0.6) is 5.75 Å². The second-order valence-electron chi connectivity index (χ2n) is 9.15. The third kappa shape index (κ3) is 9.46. The predicted octanol–water partition coefficient (Wildman–Crippen LogP) is 3.47. The van der Waals surface area contributed by atoms with Crippen molar-refractivity contribution >= 4 is 11.8 Å². The van der Waals surface area contributed by atoms with E-state index in [0.717, 1.165) is 28.9 Å². The van der Waals surface area contributed by atoms with Crippen LogP contribution < -0.4 is 15.4 Å². The first-order chi connectivity index (χ1) is 20.7. The Morgan fingerprint density at radius 2 is 1.50 bits per heavy atom. The summed E-state index contributed by atoms with van der Waals surface area (Å²) in [6.45, 7) is -0.685. The minimum atomic E-state index is -4.85. The molecule has 12 nitrogen and oxygen atoms in total. The van der Waals surface area contributed by atoms with Crippen LogP contribution >= 0.6 is 0 Å². The monoisotopic (exact) mass is 629 g/mol. The highest BCUT2D eigenvalue weighted by Crippen LogP contribution is 2.27. The van der Waals surface area contributed by atoms with Crippen LogP contribution in [0.3, 0.4) is 0 Å². The van der Waals surface area contributed by atoms with E-state index >= 15 is 0 Å². The van der Waals surface area contributed by atoms with Gasteiger partial charge in [-0.1, -0.05) is 28.6 Å². The zero-order valence-electron chi connectivity index (χ0n) is 22.3. The Labute approximate surface area is 243 Å². The van der Waals surface area contributed by atoms with Gasteiger partial charge < -0.3 is 15.4 Å². The van der Waals surface area contributed by atoms with Gasteiger partial charge in [-0.25, -0.2) is 14.1 Å². The molecule has 0 saturated heterocycles. The van der Waals surface area contributed by atoms with Crippen molar-refractivity contribution in [1.29, 1.82) is 0 Å². The standard InChI is InChI=1S/C25H22F7N9O3/c26-16(12-41-14-20(37-39-41)23(43)34-11-17-4-2-6-21(35-17)24(27,28)29)7-8-40-13-19(36-38-40)22(42)33-10-15-3-1-5-18(9-15)44-25(30,31)32/h1-6,9,13-14,16H,7-8,10-12H2,(H,33,42)(H,34,43). The minimum Gasteiger partial charge on any atom is -0.406 e. The topological polar surface area (TPSA) is 142 Å². The number of halogens is 7. The molecule has 2 amide bonds. The third-order valence-electron chi connectivity index (χ3n) is 5.71. The van der Waals surface area contributed by atoms with Crippen molar-refractivity contribution < 1.29 is 45.1 Å². The van der Waals surface area contributed by atoms with Gasteiger partial charge in [0, 0.05) is 19.5 Å². The highest BCUT2D eigenvalue weighted by molar-refractivity contribution is 5.92. The Hall–Kier alpha value is -5.10. The van der Waals surface area contributed by atoms with Crippen molar-refractivity contribution in [1.82, 2.24) is 45.6 Å². The Bertz CT molecular complexity index is 1590. The smallest absolute Gasteiger partial charge is 0.406 e. The number of nitrogens with one attached hydrogen (secondary N) is 2. The molecule has 0 saturated carbocycles. The molecule has 0 radical (unpaired) electrons. The number of carbonyl (C=O) groups excluding carboxylic acids is 2. The van der Waals surface area contributed by atoms with Gasteiger partial charge in [0.2, 0.25) is 0 Å². The van der Waals surface area contributed by atoms with E-state index in [2.05, 4.69) is 41.0 Å². The Balaban J connectivity index is 1.21. The van der Waals surface area contributed by atoms with Crippen LogP contribution in [0.15, 0.2) is 54.9 Å². The lowest BCUT2D eigenvalue weighted by Crippen LogP contribution is -2.24. The van der Waals surface area contributed by atoms with Gasteiger partial charge in [-0.15, -0.1) is 23.4 Å². The maximum absolute atomic E-state index is 14.6. The van der Waals surface area contributed by atoms with E-state index in [1.54, 1.807) is 0 Å². The van der Waals surface area contributed by atoms with E-state index < -0.39 is 42.0 Å². The number of rotatable bonds is 12. The fourth-order valence-corrected chi connectivity index (χ4v) is 3.69. The molecule has 0 aliphatic heterocycles. The molecule has 19 heteroatoms. The second kappa shape index (κ2) is 13.5. The van der Waals surface area contributed by atoms with Crippen LogP contribution in [0, 0.1) is 0 Å². The summed E-state index contributed by atoms with van der Waals surface area (Å²) in [7, 11) is 0. The van der Waals surface area contributed by atoms with E-state index in [1.165, 1.54) is 35.3 Å². The number of aryl methyl sites for hydroxylation is 1. The Kier molecular flexibility index (Phi) is 9.74. The van der Waals surface area contributed by atoms with Gasteiger partial charge in [-0.2, -0.15) is 13.2 Å². The number of aromatic nitrogens is 7. The van der Waals surface area contributed by atoms with Crippen molar-refractivity contribution in [2.45, 2.75) is 51.3 Å². The van der Waals surface area contributed by atoms with Crippen molar-refractivity contribution in [2.24, 2.45) is 0 Å². The summed E-state index contributed by atoms with van der Waals surface area (Å²) in [4.78, 5) is 28.1. The first-order valence-electron chi connectivity index (χ1n) is 12.6. The number of nitrogens with zero attached hydrogens (tertiary/aromatic N) is 7. The first-order valence-corrected chi connectivity index (χ1v) is 12.6. The van der Waals surface area contributed by atoms with Gasteiger partial charge in [-0.3, -0.25) is 14.3 Å². The molecule has 44 heavy (non-hydrogen) atoms. The number of ether oxygens (including phenoxy) is 1. The molecule has 3 heterocycles. The van der Waals surface area contributed by atoms with Crippen LogP contribution in [0.1, 0.15) is 44.3 Å². The predicted molar refractivity (Wildman–Crippen MR) is 134 cm³/mol. The van der Waals surface area contributed by atoms with Crippen LogP contribution in [0.25, 0.3) is 0 Å². The highest BCUT2D eigenvalue weighted by atomic mass is 19.4. The molecule has 2 N–H and O–H groups in total. The van der Waals surface area contributed by atoms with E-state index in [9.17, 15) is 40.3 Å². The molecule has 4 rings (SSSR count). The number of amides is 2. The maximum Gasteiger partial charge on any atom is 0.573 e. The van der Waals surface area contributed by atoms with Crippen molar-refractivity contribution in [3.63, 3.8) is 0 Å². The van der Waals surface area contributed by atoms with Gasteiger partial charge in [0.05, 0.1) is 31.2 Å². The molecule has 0 aliphatic carbocycles. The molecule has 1 atom stereocenters. The third-order valence-corrected chi connectivity index (χ3v) is 5.71. The number of hydrogen-bond acceptors (Lipinski definition) is 8. The molecule has 1 aromatic carbocycles. The Morgan fingerprint density at radius 1 is 0.864 bits per heavy atom. The highest BCUT2D eigenvalue weighted by Gasteiger charge is 2.32. The van der Waals surface area contributed by atoms with Crippen LogP contribution in [-0.2, 0) is 32.4 Å². The molecule has 0 aliphatic rings. The lowest BCUT2D eigenvalue weighted by molar-refractivity contribution is -0.274. The molecule has 3 aromatic heterocycles. The van der Waals surface area contributed by atoms with E-state index in [-0.39, 0.29) is 49.7 Å². The number of carbonyl (C=O) groups is 2. The SMILES string of the molecule is O=C(NCc1cccc(OC(F)(F)F)c1)c1cn(CCC(F)Cn2cc(C(=O)NCc3cccc(C(F)(F)F)n3)nn2)nn1. The lowest BCUT2D eigenvalue weighted by Gasteiger charge is -2.10. The number of alkyl halides is 7. The van der Waals surface area contributed by atoms with Crippen LogP contribution in [-0.4, -0.2) is 59.3 Å². The van der Waals surface area contributed by atoms with Gasteiger partial charge in [0.1, 0.15) is 17.6 Å². The average Bonchev–Trinajstić information content (AvgIpc) is 3.63. The summed E-state index contributed by atoms with van der Waals surface area (Å²) < 4.78 is 96.3. The number of benzene rings is 1. The van der Waals surface area contributed by atoms with Gasteiger partial charge in [-0.05, 0) is 29.8 Å². The summed E-state index contributed by atoms with van der Waals surface area (Å²) in [6.07, 6.45) is -8.61. The van der Waals surface area contributed by atoms with Crippen molar-refractivity contribution in [3.05, 3.63) is 83.2 Å². The van der Waals surface area contributed by atoms with Crippen molar-refractivity contribution in [3.8, 4) is 5.75 Å². The van der Waals surface area contributed by atoms with Crippen molar-refractivity contribution in [2.75, 3.05) is 0 Å². The summed E-state index contributed by atoms with van der Waals surface area (Å²) in [5.74, 6) is -1.85. The van der Waals surface area contributed by atoms with Crippen LogP contribution in [0.2, 0.25) is 0 Å². The second-order valence-corrected chi connectivity index (χ2v) is 9.15.